The van der Waals surface area contributed by atoms with Gasteiger partial charge in [0.15, 0.2) is 5.82 Å². The number of halogens is 3. The molecule has 0 spiro atoms. The Balaban J connectivity index is 1.49. The van der Waals surface area contributed by atoms with Crippen LogP contribution in [0, 0.1) is 28.5 Å². The predicted molar refractivity (Wildman–Crippen MR) is 267 cm³/mol. The summed E-state index contributed by atoms with van der Waals surface area (Å²) in [5.74, 6) is 3.45. The quantitative estimate of drug-likeness (QED) is 0.105. The van der Waals surface area contributed by atoms with Crippen molar-refractivity contribution >= 4 is 43.9 Å². The molecule has 0 aliphatic carbocycles. The molecule has 4 aromatic rings. The zero-order valence-corrected chi connectivity index (χ0v) is 43.4. The molecule has 13 heteroatoms. The third-order valence-corrected chi connectivity index (χ3v) is 27.8. The minimum Gasteiger partial charge on any atom is -0.543 e. The van der Waals surface area contributed by atoms with Gasteiger partial charge in [0.25, 0.3) is 8.32 Å². The number of piperidine rings is 1. The van der Waals surface area contributed by atoms with E-state index in [0.717, 1.165) is 19.4 Å². The third kappa shape index (κ3) is 8.98. The highest BCUT2D eigenvalue weighted by atomic mass is 28.4. The molecule has 2 bridgehead atoms. The zero-order valence-electron chi connectivity index (χ0n) is 41.4. The summed E-state index contributed by atoms with van der Waals surface area (Å²) >= 11 is 0. The van der Waals surface area contributed by atoms with Crippen LogP contribution in [-0.4, -0.2) is 88.2 Å². The lowest BCUT2D eigenvalue weighted by Crippen LogP contribution is -2.51. The molecule has 1 N–H and O–H groups in total. The van der Waals surface area contributed by atoms with Gasteiger partial charge < -0.3 is 24.3 Å². The maximum Gasteiger partial charge on any atom is 0.319 e. The fourth-order valence-corrected chi connectivity index (χ4v) is 22.8. The number of nitrogens with one attached hydrogen (secondary N) is 1. The number of hydrogen-bond donors (Lipinski definition) is 1. The van der Waals surface area contributed by atoms with Crippen LogP contribution in [0.15, 0.2) is 42.4 Å². The number of ether oxygens (including phenoxy) is 1. The van der Waals surface area contributed by atoms with Crippen molar-refractivity contribution in [1.82, 2.24) is 25.2 Å². The van der Waals surface area contributed by atoms with Crippen LogP contribution in [0.1, 0.15) is 115 Å². The number of anilines is 1. The molecule has 352 valence electrons. The van der Waals surface area contributed by atoms with E-state index in [-0.39, 0.29) is 58.1 Å². The Labute approximate surface area is 388 Å². The van der Waals surface area contributed by atoms with Crippen molar-refractivity contribution in [3.8, 4) is 34.5 Å². The van der Waals surface area contributed by atoms with Crippen LogP contribution in [0.4, 0.5) is 19.0 Å². The summed E-state index contributed by atoms with van der Waals surface area (Å²) in [4.78, 5) is 19.1. The molecule has 3 aliphatic rings. The maximum absolute atomic E-state index is 18.1. The predicted octanol–water partition coefficient (Wildman–Crippen LogP) is 12.8. The monoisotopic (exact) mass is 927 g/mol. The van der Waals surface area contributed by atoms with E-state index in [9.17, 15) is 4.39 Å². The number of hydrogen-bond acceptors (Lipinski definition) is 8. The molecule has 65 heavy (non-hydrogen) atoms. The fraction of sp³-hybridized carbons (Fsp3) is 0.596. The van der Waals surface area contributed by atoms with Gasteiger partial charge in [0.2, 0.25) is 0 Å². The number of aromatic nitrogens is 3. The number of piperazine rings is 1. The molecule has 5 heterocycles. The average Bonchev–Trinajstić information content (AvgIpc) is 3.58. The van der Waals surface area contributed by atoms with E-state index in [1.54, 1.807) is 12.3 Å². The molecule has 0 saturated carbocycles. The minimum atomic E-state index is -2.51. The van der Waals surface area contributed by atoms with Crippen LogP contribution < -0.4 is 19.4 Å². The molecule has 0 amide bonds. The van der Waals surface area contributed by atoms with Crippen molar-refractivity contribution in [3.63, 3.8) is 0 Å². The summed E-state index contributed by atoms with van der Waals surface area (Å²) in [5, 5.41) is 5.34. The number of pyridine rings is 1. The first-order valence-corrected chi connectivity index (χ1v) is 28.5. The van der Waals surface area contributed by atoms with Crippen molar-refractivity contribution in [2.45, 2.75) is 155 Å². The SMILES string of the molecule is CC(C)[Si](C#Cc1c(F)ccc2cc(O[Si](C(C)C)(C(C)C)C(C)C)cc(-c3ncc4c(N5C[C@H]6CC[C@@H](C5)N6)nc(OC[C@]5(C)CN(C)CC/C5=C\F)nc4c3F)c12)(C(C)C)C(C)C. The summed E-state index contributed by atoms with van der Waals surface area (Å²) in [6.45, 7) is 31.6. The number of nitrogens with zero attached hydrogens (tertiary/aromatic N) is 5. The zero-order chi connectivity index (χ0) is 47.3. The molecule has 3 saturated heterocycles. The largest absolute Gasteiger partial charge is 0.543 e. The number of fused-ring (bicyclic) bond motifs is 4. The molecule has 0 radical (unpaired) electrons. The first-order chi connectivity index (χ1) is 30.7. The maximum atomic E-state index is 18.1. The minimum absolute atomic E-state index is 0.0144. The second kappa shape index (κ2) is 19.0. The Morgan fingerprint density at radius 2 is 1.52 bits per heavy atom. The Morgan fingerprint density at radius 3 is 2.11 bits per heavy atom. The van der Waals surface area contributed by atoms with Gasteiger partial charge in [-0.3, -0.25) is 4.98 Å². The topological polar surface area (TPSA) is 75.6 Å². The molecule has 3 atom stereocenters. The van der Waals surface area contributed by atoms with Crippen molar-refractivity contribution in [3.05, 3.63) is 59.6 Å². The lowest BCUT2D eigenvalue weighted by atomic mass is 9.78. The van der Waals surface area contributed by atoms with E-state index in [1.165, 1.54) is 6.07 Å². The van der Waals surface area contributed by atoms with Crippen molar-refractivity contribution < 1.29 is 22.3 Å². The van der Waals surface area contributed by atoms with Gasteiger partial charge in [0.1, 0.15) is 43.3 Å². The molecule has 8 nitrogen and oxygen atoms in total. The van der Waals surface area contributed by atoms with Crippen LogP contribution in [0.2, 0.25) is 33.2 Å². The molecule has 7 rings (SSSR count). The summed E-state index contributed by atoms with van der Waals surface area (Å²) in [7, 11) is -2.82. The van der Waals surface area contributed by atoms with Crippen LogP contribution in [0.25, 0.3) is 32.9 Å². The van der Waals surface area contributed by atoms with E-state index >= 15 is 8.78 Å². The van der Waals surface area contributed by atoms with E-state index in [1.807, 2.05) is 26.1 Å². The van der Waals surface area contributed by atoms with Crippen molar-refractivity contribution in [2.24, 2.45) is 5.41 Å². The second-order valence-electron chi connectivity index (χ2n) is 21.6. The Hall–Kier alpha value is -3.97. The van der Waals surface area contributed by atoms with E-state index in [2.05, 4.69) is 110 Å². The molecule has 2 aromatic heterocycles. The van der Waals surface area contributed by atoms with E-state index < -0.39 is 33.4 Å². The summed E-state index contributed by atoms with van der Waals surface area (Å²) in [5.41, 5.74) is 6.27. The van der Waals surface area contributed by atoms with Gasteiger partial charge in [-0.1, -0.05) is 102 Å². The van der Waals surface area contributed by atoms with Crippen molar-refractivity contribution in [1.29, 1.82) is 0 Å². The normalized spacial score (nSPS) is 21.6. The van der Waals surface area contributed by atoms with Gasteiger partial charge in [-0.2, -0.15) is 9.97 Å². The van der Waals surface area contributed by atoms with Crippen LogP contribution in [-0.2, 0) is 0 Å². The first kappa shape index (κ1) is 49.0. The molecule has 3 fully saturated rings. The molecule has 0 unspecified atom stereocenters. The molecular formula is C52H73F3N6O2Si2. The Morgan fingerprint density at radius 1 is 0.892 bits per heavy atom. The Bertz CT molecular complexity index is 2440. The molecule has 2 aromatic carbocycles. The second-order valence-corrected chi connectivity index (χ2v) is 32.5. The van der Waals surface area contributed by atoms with Gasteiger partial charge in [0.05, 0.1) is 17.3 Å². The summed E-state index contributed by atoms with van der Waals surface area (Å²) in [6.07, 6.45) is 5.04. The molecule has 3 aliphatic heterocycles. The van der Waals surface area contributed by atoms with Crippen LogP contribution in [0.5, 0.6) is 11.8 Å². The lowest BCUT2D eigenvalue weighted by molar-refractivity contribution is 0.109. The summed E-state index contributed by atoms with van der Waals surface area (Å²) in [6, 6.07) is 7.63. The van der Waals surface area contributed by atoms with Gasteiger partial charge in [-0.25, -0.2) is 13.2 Å². The number of rotatable bonds is 13. The van der Waals surface area contributed by atoms with Crippen LogP contribution in [0.3, 0.4) is 0 Å². The number of benzene rings is 2. The fourth-order valence-electron chi connectivity index (χ4n) is 12.4. The number of likely N-dealkylation sites (tertiary alicyclic amines) is 1. The third-order valence-electron chi connectivity index (χ3n) is 15.5. The first-order valence-electron chi connectivity index (χ1n) is 24.1. The van der Waals surface area contributed by atoms with Gasteiger partial charge in [0, 0.05) is 60.8 Å². The van der Waals surface area contributed by atoms with Gasteiger partial charge in [-0.15, -0.1) is 5.54 Å². The lowest BCUT2D eigenvalue weighted by Gasteiger charge is -2.42. The highest BCUT2D eigenvalue weighted by molar-refractivity contribution is 6.90. The highest BCUT2D eigenvalue weighted by Crippen LogP contribution is 2.47. The highest BCUT2D eigenvalue weighted by Gasteiger charge is 2.47. The molecular weight excluding hydrogens is 854 g/mol. The van der Waals surface area contributed by atoms with Gasteiger partial charge in [-0.05, 0) is 88.7 Å². The van der Waals surface area contributed by atoms with E-state index in [4.69, 9.17) is 24.1 Å². The smallest absolute Gasteiger partial charge is 0.319 e. The van der Waals surface area contributed by atoms with E-state index in [0.29, 0.717) is 87.9 Å². The Kier molecular flexibility index (Phi) is 14.3. The average molecular weight is 927 g/mol. The van der Waals surface area contributed by atoms with Crippen LogP contribution >= 0.6 is 0 Å². The standard InChI is InChI=1S/C52H73F3N6O2Si2/c1-31(2)64(32(3)4,33(5)6)22-20-42-45(54)18-15-37-23-41(63-65(34(7)8,35(9)10)36(11)12)24-43(46(37)42)48-47(55)49-44(26-56-48)50(61-27-39-16-17-40(28-61)57-39)59-51(58-49)62-30-52(13)29-60(14)21-19-38(52)25-53/h15,18,23-26,31-36,39-40,57H,16-17,19,21,27-30H2,1-14H3/b38-25+/t39-,40+,52-/m0/s1. The van der Waals surface area contributed by atoms with Crippen molar-refractivity contribution in [2.75, 3.05) is 44.7 Å². The van der Waals surface area contributed by atoms with Gasteiger partial charge >= 0.3 is 6.01 Å². The summed E-state index contributed by atoms with van der Waals surface area (Å²) < 4.78 is 62.9.